The monoisotopic (exact) mass is 344 g/mol. The summed E-state index contributed by atoms with van der Waals surface area (Å²) >= 11 is 0. The van der Waals surface area contributed by atoms with Crippen LogP contribution in [0.15, 0.2) is 12.1 Å². The largest absolute Gasteiger partial charge is 0.381 e. The summed E-state index contributed by atoms with van der Waals surface area (Å²) in [5.74, 6) is 2.11. The van der Waals surface area contributed by atoms with Crippen LogP contribution in [0.25, 0.3) is 5.65 Å². The molecule has 0 aliphatic carbocycles. The maximum absolute atomic E-state index is 12.7. The summed E-state index contributed by atoms with van der Waals surface area (Å²) in [7, 11) is 0. The first-order valence-electron chi connectivity index (χ1n) is 9.03. The van der Waals surface area contributed by atoms with Crippen molar-refractivity contribution in [3.63, 3.8) is 0 Å². The van der Waals surface area contributed by atoms with Crippen LogP contribution < -0.4 is 4.90 Å². The highest BCUT2D eigenvalue weighted by Gasteiger charge is 2.28. The Balaban J connectivity index is 1.40. The van der Waals surface area contributed by atoms with E-state index in [-0.39, 0.29) is 5.92 Å². The molecule has 0 aromatic carbocycles. The van der Waals surface area contributed by atoms with Crippen molar-refractivity contribution in [2.45, 2.75) is 26.2 Å². The van der Waals surface area contributed by atoms with Gasteiger partial charge in [-0.1, -0.05) is 0 Å². The van der Waals surface area contributed by atoms with Gasteiger partial charge in [0.2, 0.25) is 5.91 Å². The standard InChI is InChI=1S/C17H24N6O2/c1-13-18-19-15-4-5-16(20-23(13)15)21-7-9-22(10-8-21)17(24)14-3-2-11-25-12-6-14/h4-5,14H,2-3,6-12H2,1H3. The third-order valence-electron chi connectivity index (χ3n) is 5.12. The molecule has 1 amide bonds. The Labute approximate surface area is 146 Å². The number of carbonyl (C=O) groups excluding carboxylic acids is 1. The summed E-state index contributed by atoms with van der Waals surface area (Å²) in [5, 5.41) is 12.7. The van der Waals surface area contributed by atoms with Crippen LogP contribution in [0.1, 0.15) is 25.1 Å². The maximum atomic E-state index is 12.7. The SMILES string of the molecule is Cc1nnc2ccc(N3CCN(C(=O)C4CCCOCC4)CC3)nn12. The molecule has 2 aromatic rings. The number of ether oxygens (including phenoxy) is 1. The van der Waals surface area contributed by atoms with Crippen LogP contribution in [0.3, 0.4) is 0 Å². The average Bonchev–Trinajstić information content (AvgIpc) is 2.86. The molecule has 2 fully saturated rings. The number of anilines is 1. The minimum Gasteiger partial charge on any atom is -0.381 e. The second-order valence-corrected chi connectivity index (χ2v) is 6.76. The fourth-order valence-corrected chi connectivity index (χ4v) is 3.62. The van der Waals surface area contributed by atoms with E-state index in [0.29, 0.717) is 12.5 Å². The van der Waals surface area contributed by atoms with Crippen LogP contribution in [0.2, 0.25) is 0 Å². The predicted octanol–water partition coefficient (Wildman–Crippen LogP) is 0.898. The van der Waals surface area contributed by atoms with Gasteiger partial charge in [0.1, 0.15) is 5.82 Å². The third-order valence-corrected chi connectivity index (χ3v) is 5.12. The van der Waals surface area contributed by atoms with Crippen LogP contribution in [-0.2, 0) is 9.53 Å². The Hall–Kier alpha value is -2.22. The molecule has 4 rings (SSSR count). The Morgan fingerprint density at radius 3 is 2.80 bits per heavy atom. The lowest BCUT2D eigenvalue weighted by Gasteiger charge is -2.36. The van der Waals surface area contributed by atoms with Crippen molar-refractivity contribution in [2.24, 2.45) is 5.92 Å². The van der Waals surface area contributed by atoms with Gasteiger partial charge >= 0.3 is 0 Å². The molecule has 0 N–H and O–H groups in total. The molecule has 134 valence electrons. The minimum absolute atomic E-state index is 0.128. The fraction of sp³-hybridized carbons (Fsp3) is 0.647. The Kier molecular flexibility index (Phi) is 4.52. The Bertz CT molecular complexity index is 745. The normalized spacial score (nSPS) is 22.2. The van der Waals surface area contributed by atoms with Crippen molar-refractivity contribution in [1.82, 2.24) is 24.7 Å². The minimum atomic E-state index is 0.128. The molecule has 0 bridgehead atoms. The van der Waals surface area contributed by atoms with Gasteiger partial charge in [0, 0.05) is 45.3 Å². The van der Waals surface area contributed by atoms with Gasteiger partial charge in [-0.2, -0.15) is 4.52 Å². The molecule has 25 heavy (non-hydrogen) atoms. The van der Waals surface area contributed by atoms with Gasteiger partial charge in [-0.25, -0.2) is 0 Å². The first-order valence-corrected chi connectivity index (χ1v) is 9.03. The summed E-state index contributed by atoms with van der Waals surface area (Å²) in [6, 6.07) is 3.91. The zero-order valence-corrected chi connectivity index (χ0v) is 14.6. The fourth-order valence-electron chi connectivity index (χ4n) is 3.62. The molecule has 1 unspecified atom stereocenters. The lowest BCUT2D eigenvalue weighted by molar-refractivity contribution is -0.136. The van der Waals surface area contributed by atoms with E-state index in [1.54, 1.807) is 4.52 Å². The topological polar surface area (TPSA) is 75.9 Å². The molecular weight excluding hydrogens is 320 g/mol. The van der Waals surface area contributed by atoms with Crippen LogP contribution in [0.4, 0.5) is 5.82 Å². The van der Waals surface area contributed by atoms with E-state index < -0.39 is 0 Å². The highest BCUT2D eigenvalue weighted by Crippen LogP contribution is 2.21. The smallest absolute Gasteiger partial charge is 0.225 e. The number of aryl methyl sites for hydroxylation is 1. The van der Waals surface area contributed by atoms with Gasteiger partial charge in [-0.05, 0) is 38.3 Å². The van der Waals surface area contributed by atoms with E-state index >= 15 is 0 Å². The molecule has 0 spiro atoms. The van der Waals surface area contributed by atoms with Crippen LogP contribution >= 0.6 is 0 Å². The van der Waals surface area contributed by atoms with Crippen molar-refractivity contribution in [2.75, 3.05) is 44.3 Å². The average molecular weight is 344 g/mol. The first kappa shape index (κ1) is 16.3. The second-order valence-electron chi connectivity index (χ2n) is 6.76. The molecule has 8 nitrogen and oxygen atoms in total. The van der Waals surface area contributed by atoms with Gasteiger partial charge in [-0.3, -0.25) is 4.79 Å². The summed E-state index contributed by atoms with van der Waals surface area (Å²) in [5.41, 5.74) is 0.755. The molecule has 0 saturated carbocycles. The number of rotatable bonds is 2. The molecule has 4 heterocycles. The lowest BCUT2D eigenvalue weighted by Crippen LogP contribution is -2.50. The van der Waals surface area contributed by atoms with Crippen LogP contribution in [0, 0.1) is 12.8 Å². The summed E-state index contributed by atoms with van der Waals surface area (Å²) in [6.07, 6.45) is 2.78. The van der Waals surface area contributed by atoms with E-state index in [2.05, 4.69) is 20.2 Å². The molecule has 2 aliphatic heterocycles. The summed E-state index contributed by atoms with van der Waals surface area (Å²) < 4.78 is 7.24. The number of aromatic nitrogens is 4. The quantitative estimate of drug-likeness (QED) is 0.806. The van der Waals surface area contributed by atoms with Crippen molar-refractivity contribution in [1.29, 1.82) is 0 Å². The zero-order chi connectivity index (χ0) is 17.2. The maximum Gasteiger partial charge on any atom is 0.225 e. The van der Waals surface area contributed by atoms with Gasteiger partial charge in [0.25, 0.3) is 0 Å². The molecule has 8 heteroatoms. The molecule has 2 saturated heterocycles. The van der Waals surface area contributed by atoms with Gasteiger partial charge in [0.05, 0.1) is 0 Å². The summed E-state index contributed by atoms with van der Waals surface area (Å²) in [6.45, 7) is 6.48. The van der Waals surface area contributed by atoms with Gasteiger partial charge < -0.3 is 14.5 Å². The number of carbonyl (C=O) groups is 1. The highest BCUT2D eigenvalue weighted by molar-refractivity contribution is 5.79. The second kappa shape index (κ2) is 6.95. The molecular formula is C17H24N6O2. The number of piperazine rings is 1. The number of nitrogens with zero attached hydrogens (tertiary/aromatic N) is 6. The van der Waals surface area contributed by atoms with Crippen LogP contribution in [-0.4, -0.2) is 70.0 Å². The molecule has 2 aliphatic rings. The van der Waals surface area contributed by atoms with E-state index in [1.165, 1.54) is 0 Å². The summed E-state index contributed by atoms with van der Waals surface area (Å²) in [4.78, 5) is 17.0. The van der Waals surface area contributed by atoms with E-state index in [4.69, 9.17) is 4.74 Å². The molecule has 1 atom stereocenters. The van der Waals surface area contributed by atoms with E-state index in [1.807, 2.05) is 24.0 Å². The first-order chi connectivity index (χ1) is 12.2. The van der Waals surface area contributed by atoms with Gasteiger partial charge in [0.15, 0.2) is 11.5 Å². The highest BCUT2D eigenvalue weighted by atomic mass is 16.5. The van der Waals surface area contributed by atoms with Crippen molar-refractivity contribution in [3.8, 4) is 0 Å². The van der Waals surface area contributed by atoms with E-state index in [0.717, 1.165) is 69.3 Å². The zero-order valence-electron chi connectivity index (χ0n) is 14.6. The van der Waals surface area contributed by atoms with Crippen molar-refractivity contribution >= 4 is 17.4 Å². The Morgan fingerprint density at radius 2 is 1.96 bits per heavy atom. The van der Waals surface area contributed by atoms with Gasteiger partial charge in [-0.15, -0.1) is 15.3 Å². The molecule has 0 radical (unpaired) electrons. The number of hydrogen-bond acceptors (Lipinski definition) is 6. The van der Waals surface area contributed by atoms with Crippen LogP contribution in [0.5, 0.6) is 0 Å². The number of amides is 1. The van der Waals surface area contributed by atoms with E-state index in [9.17, 15) is 4.79 Å². The third kappa shape index (κ3) is 3.30. The van der Waals surface area contributed by atoms with Crippen molar-refractivity contribution < 1.29 is 9.53 Å². The molecule has 2 aromatic heterocycles. The van der Waals surface area contributed by atoms with Crippen molar-refractivity contribution in [3.05, 3.63) is 18.0 Å². The number of fused-ring (bicyclic) bond motifs is 1. The Morgan fingerprint density at radius 1 is 1.12 bits per heavy atom. The number of hydrogen-bond donors (Lipinski definition) is 0. The lowest BCUT2D eigenvalue weighted by atomic mass is 9.98. The predicted molar refractivity (Wildman–Crippen MR) is 92.5 cm³/mol.